The number of amides is 1. The second-order valence-electron chi connectivity index (χ2n) is 5.53. The van der Waals surface area contributed by atoms with E-state index in [2.05, 4.69) is 5.32 Å². The Labute approximate surface area is 119 Å². The van der Waals surface area contributed by atoms with E-state index in [9.17, 15) is 9.59 Å². The van der Waals surface area contributed by atoms with Crippen LogP contribution >= 0.6 is 0 Å². The highest BCUT2D eigenvalue weighted by Gasteiger charge is 2.26. The van der Waals surface area contributed by atoms with Gasteiger partial charge in [0, 0.05) is 17.9 Å². The summed E-state index contributed by atoms with van der Waals surface area (Å²) in [7, 11) is 1.43. The van der Waals surface area contributed by atoms with Gasteiger partial charge in [0.05, 0.1) is 12.8 Å². The summed E-state index contributed by atoms with van der Waals surface area (Å²) < 4.78 is 5.15. The molecule has 0 atom stereocenters. The molecule has 0 heterocycles. The molecular formula is C16H21NO3. The van der Waals surface area contributed by atoms with Gasteiger partial charge in [-0.15, -0.1) is 0 Å². The molecular weight excluding hydrogens is 254 g/mol. The van der Waals surface area contributed by atoms with E-state index in [1.807, 2.05) is 26.8 Å². The maximum Gasteiger partial charge on any atom is 0.255 e. The topological polar surface area (TPSA) is 55.4 Å². The number of benzene rings is 1. The molecule has 108 valence electrons. The highest BCUT2D eigenvalue weighted by Crippen LogP contribution is 2.27. The zero-order chi connectivity index (χ0) is 15.3. The molecule has 0 fully saturated rings. The van der Waals surface area contributed by atoms with Crippen LogP contribution in [0.1, 0.15) is 38.1 Å². The molecule has 0 aliphatic heterocycles. The Kier molecular flexibility index (Phi) is 5.08. The summed E-state index contributed by atoms with van der Waals surface area (Å²) in [6, 6.07) is 8.86. The third-order valence-corrected chi connectivity index (χ3v) is 2.78. The molecule has 0 saturated carbocycles. The van der Waals surface area contributed by atoms with Gasteiger partial charge in [-0.25, -0.2) is 0 Å². The van der Waals surface area contributed by atoms with Crippen molar-refractivity contribution in [2.75, 3.05) is 7.11 Å². The molecule has 1 amide bonds. The molecule has 0 spiro atoms. The molecule has 1 aromatic carbocycles. The molecule has 0 radical (unpaired) electrons. The smallest absolute Gasteiger partial charge is 0.255 e. The highest BCUT2D eigenvalue weighted by atomic mass is 16.5. The average molecular weight is 275 g/mol. The first kappa shape index (κ1) is 16.0. The largest absolute Gasteiger partial charge is 0.491 e. The van der Waals surface area contributed by atoms with Crippen molar-refractivity contribution in [1.29, 1.82) is 0 Å². The van der Waals surface area contributed by atoms with Gasteiger partial charge in [0.25, 0.3) is 5.91 Å². The molecule has 0 bridgehead atoms. The van der Waals surface area contributed by atoms with Crippen LogP contribution in [0.15, 0.2) is 41.8 Å². The van der Waals surface area contributed by atoms with Crippen molar-refractivity contribution in [3.05, 3.63) is 47.4 Å². The maximum absolute atomic E-state index is 12.2. The molecule has 1 aromatic rings. The van der Waals surface area contributed by atoms with E-state index in [1.54, 1.807) is 24.3 Å². The summed E-state index contributed by atoms with van der Waals surface area (Å²) in [5.74, 6) is -0.293. The molecule has 4 nitrogen and oxygen atoms in total. The van der Waals surface area contributed by atoms with E-state index < -0.39 is 5.41 Å². The molecule has 0 aromatic heterocycles. The predicted octanol–water partition coefficient (Wildman–Crippen LogP) is 2.91. The molecule has 0 unspecified atom stereocenters. The van der Waals surface area contributed by atoms with E-state index in [0.717, 1.165) is 0 Å². The second-order valence-corrected chi connectivity index (χ2v) is 5.53. The number of hydrogen-bond donors (Lipinski definition) is 1. The average Bonchev–Trinajstić information content (AvgIpc) is 2.37. The number of rotatable bonds is 4. The van der Waals surface area contributed by atoms with Gasteiger partial charge in [0.15, 0.2) is 11.5 Å². The van der Waals surface area contributed by atoms with Gasteiger partial charge in [-0.1, -0.05) is 39.0 Å². The van der Waals surface area contributed by atoms with Crippen LogP contribution in [0.4, 0.5) is 0 Å². The number of nitrogens with one attached hydrogen (secondary N) is 1. The van der Waals surface area contributed by atoms with E-state index in [-0.39, 0.29) is 17.4 Å². The van der Waals surface area contributed by atoms with Crippen molar-refractivity contribution in [2.45, 2.75) is 27.7 Å². The quantitative estimate of drug-likeness (QED) is 0.679. The fraction of sp³-hybridized carbons (Fsp3) is 0.375. The van der Waals surface area contributed by atoms with Crippen LogP contribution in [0.3, 0.4) is 0 Å². The Morgan fingerprint density at radius 3 is 2.05 bits per heavy atom. The lowest BCUT2D eigenvalue weighted by Gasteiger charge is -2.25. The number of carbonyl (C=O) groups is 2. The molecule has 1 rings (SSSR count). The van der Waals surface area contributed by atoms with Gasteiger partial charge >= 0.3 is 0 Å². The Morgan fingerprint density at radius 1 is 1.10 bits per heavy atom. The van der Waals surface area contributed by atoms with E-state index in [0.29, 0.717) is 11.3 Å². The fourth-order valence-corrected chi connectivity index (χ4v) is 1.78. The van der Waals surface area contributed by atoms with Crippen molar-refractivity contribution >= 4 is 11.7 Å². The number of Topliss-reactive ketones (excluding diaryl/α,β-unsaturated/α-hetero) is 1. The van der Waals surface area contributed by atoms with Crippen LogP contribution in [0.5, 0.6) is 0 Å². The molecule has 1 N–H and O–H groups in total. The van der Waals surface area contributed by atoms with Crippen molar-refractivity contribution in [2.24, 2.45) is 5.41 Å². The first-order valence-electron chi connectivity index (χ1n) is 6.43. The molecule has 20 heavy (non-hydrogen) atoms. The van der Waals surface area contributed by atoms with Crippen LogP contribution in [-0.2, 0) is 9.53 Å². The lowest BCUT2D eigenvalue weighted by Crippen LogP contribution is -2.33. The van der Waals surface area contributed by atoms with Crippen molar-refractivity contribution < 1.29 is 14.3 Å². The van der Waals surface area contributed by atoms with Crippen LogP contribution in [0.2, 0.25) is 0 Å². The van der Waals surface area contributed by atoms with Crippen molar-refractivity contribution in [3.8, 4) is 0 Å². The Bertz CT molecular complexity index is 524. The van der Waals surface area contributed by atoms with E-state index >= 15 is 0 Å². The van der Waals surface area contributed by atoms with Gasteiger partial charge in [-0.3, -0.25) is 9.59 Å². The van der Waals surface area contributed by atoms with Gasteiger partial charge in [0.2, 0.25) is 0 Å². The van der Waals surface area contributed by atoms with Gasteiger partial charge < -0.3 is 10.1 Å². The second kappa shape index (κ2) is 6.37. The third kappa shape index (κ3) is 3.95. The van der Waals surface area contributed by atoms with E-state index in [4.69, 9.17) is 4.74 Å². The monoisotopic (exact) mass is 275 g/mol. The lowest BCUT2D eigenvalue weighted by atomic mass is 9.90. The number of methoxy groups -OCH3 is 1. The zero-order valence-electron chi connectivity index (χ0n) is 12.6. The first-order chi connectivity index (χ1) is 9.27. The molecule has 0 aliphatic carbocycles. The minimum atomic E-state index is -0.415. The number of ketones is 1. The summed E-state index contributed by atoms with van der Waals surface area (Å²) in [6.45, 7) is 7.15. The van der Waals surface area contributed by atoms with Crippen LogP contribution < -0.4 is 5.32 Å². The standard InChI is InChI=1S/C16H21NO3/c1-11(18)13(20-5)14(16(2,3)4)17-15(19)12-9-7-6-8-10-12/h6-10H,1-5H3,(H,17,19)/b14-13+. The molecule has 4 heteroatoms. The Morgan fingerprint density at radius 2 is 1.65 bits per heavy atom. The van der Waals surface area contributed by atoms with Crippen LogP contribution in [0, 0.1) is 5.41 Å². The Hall–Kier alpha value is -2.10. The zero-order valence-corrected chi connectivity index (χ0v) is 12.6. The van der Waals surface area contributed by atoms with Gasteiger partial charge in [-0.2, -0.15) is 0 Å². The van der Waals surface area contributed by atoms with Gasteiger partial charge in [-0.05, 0) is 12.1 Å². The summed E-state index contributed by atoms with van der Waals surface area (Å²) >= 11 is 0. The Balaban J connectivity index is 3.16. The SMILES string of the molecule is CO/C(C(C)=O)=C(/NC(=O)c1ccccc1)C(C)(C)C. The number of ether oxygens (including phenoxy) is 1. The molecule has 0 aliphatic rings. The highest BCUT2D eigenvalue weighted by molar-refractivity contribution is 5.97. The maximum atomic E-state index is 12.2. The third-order valence-electron chi connectivity index (χ3n) is 2.78. The molecule has 0 saturated heterocycles. The number of allylic oxidation sites excluding steroid dienone is 2. The minimum absolute atomic E-state index is 0.182. The fourth-order valence-electron chi connectivity index (χ4n) is 1.78. The number of hydrogen-bond acceptors (Lipinski definition) is 3. The number of carbonyl (C=O) groups excluding carboxylic acids is 2. The lowest BCUT2D eigenvalue weighted by molar-refractivity contribution is -0.116. The summed E-state index contributed by atoms with van der Waals surface area (Å²) in [6.07, 6.45) is 0. The summed E-state index contributed by atoms with van der Waals surface area (Å²) in [4.78, 5) is 23.9. The van der Waals surface area contributed by atoms with Crippen LogP contribution in [-0.4, -0.2) is 18.8 Å². The predicted molar refractivity (Wildman–Crippen MR) is 78.1 cm³/mol. The van der Waals surface area contributed by atoms with Crippen molar-refractivity contribution in [1.82, 2.24) is 5.32 Å². The summed E-state index contributed by atoms with van der Waals surface area (Å²) in [5.41, 5.74) is 0.608. The van der Waals surface area contributed by atoms with Crippen molar-refractivity contribution in [3.63, 3.8) is 0 Å². The van der Waals surface area contributed by atoms with E-state index in [1.165, 1.54) is 14.0 Å². The van der Waals surface area contributed by atoms with Gasteiger partial charge in [0.1, 0.15) is 0 Å². The first-order valence-corrected chi connectivity index (χ1v) is 6.43. The minimum Gasteiger partial charge on any atom is -0.491 e. The summed E-state index contributed by atoms with van der Waals surface area (Å²) in [5, 5.41) is 2.80. The van der Waals surface area contributed by atoms with Crippen LogP contribution in [0.25, 0.3) is 0 Å². The normalized spacial score (nSPS) is 12.4.